The number of aromatic hydroxyl groups is 1. The van der Waals surface area contributed by atoms with E-state index in [0.717, 1.165) is 22.5 Å². The minimum absolute atomic E-state index is 0.254. The van der Waals surface area contributed by atoms with Gasteiger partial charge in [-0.2, -0.15) is 0 Å². The standard InChI is InChI=1S/C16H19NO2S2/c1-10(7-12-5-4-6-13(18)8-12)17-14-9-15(16(20)19-3)21-11(14)2/h4-6,8-10,17-18H,7H2,1-3H3. The molecule has 3 nitrogen and oxygen atoms in total. The minimum atomic E-state index is 0.254. The van der Waals surface area contributed by atoms with Gasteiger partial charge in [0.1, 0.15) is 5.75 Å². The number of aryl methyl sites for hydroxylation is 1. The maximum Gasteiger partial charge on any atom is 0.201 e. The van der Waals surface area contributed by atoms with E-state index in [1.54, 1.807) is 30.6 Å². The Hall–Kier alpha value is -1.59. The van der Waals surface area contributed by atoms with Gasteiger partial charge in [0.15, 0.2) is 0 Å². The smallest absolute Gasteiger partial charge is 0.201 e. The monoisotopic (exact) mass is 321 g/mol. The molecule has 0 aliphatic rings. The van der Waals surface area contributed by atoms with Crippen LogP contribution in [0.2, 0.25) is 0 Å². The van der Waals surface area contributed by atoms with E-state index in [2.05, 4.69) is 19.2 Å². The largest absolute Gasteiger partial charge is 0.508 e. The van der Waals surface area contributed by atoms with Crippen LogP contribution >= 0.6 is 23.6 Å². The highest BCUT2D eigenvalue weighted by atomic mass is 32.1. The molecule has 1 aromatic heterocycles. The summed E-state index contributed by atoms with van der Waals surface area (Å²) in [5.74, 6) is 0.305. The molecule has 0 aliphatic heterocycles. The van der Waals surface area contributed by atoms with Crippen molar-refractivity contribution in [2.45, 2.75) is 26.3 Å². The molecule has 0 fully saturated rings. The summed E-state index contributed by atoms with van der Waals surface area (Å²) < 4.78 is 5.10. The summed E-state index contributed by atoms with van der Waals surface area (Å²) in [6, 6.07) is 9.65. The normalized spacial score (nSPS) is 12.0. The van der Waals surface area contributed by atoms with Gasteiger partial charge in [-0.25, -0.2) is 0 Å². The van der Waals surface area contributed by atoms with Crippen LogP contribution in [-0.2, 0) is 11.2 Å². The molecule has 0 radical (unpaired) electrons. The van der Waals surface area contributed by atoms with Crippen LogP contribution in [-0.4, -0.2) is 23.3 Å². The number of hydrogen-bond donors (Lipinski definition) is 2. The number of methoxy groups -OCH3 is 1. The van der Waals surface area contributed by atoms with Crippen molar-refractivity contribution in [2.24, 2.45) is 0 Å². The second-order valence-corrected chi connectivity index (χ2v) is 6.62. The fraction of sp³-hybridized carbons (Fsp3) is 0.312. The average Bonchev–Trinajstić information content (AvgIpc) is 2.79. The Morgan fingerprint density at radius 1 is 1.43 bits per heavy atom. The minimum Gasteiger partial charge on any atom is -0.508 e. The van der Waals surface area contributed by atoms with Crippen molar-refractivity contribution in [3.63, 3.8) is 0 Å². The first-order valence-corrected chi connectivity index (χ1v) is 7.95. The summed E-state index contributed by atoms with van der Waals surface area (Å²) in [4.78, 5) is 2.16. The quantitative estimate of drug-likeness (QED) is 0.813. The van der Waals surface area contributed by atoms with Crippen LogP contribution in [0, 0.1) is 6.92 Å². The lowest BCUT2D eigenvalue weighted by Gasteiger charge is -2.15. The molecule has 0 spiro atoms. The topological polar surface area (TPSA) is 41.5 Å². The molecule has 112 valence electrons. The van der Waals surface area contributed by atoms with Gasteiger partial charge in [0.05, 0.1) is 12.0 Å². The third-order valence-corrected chi connectivity index (χ3v) is 4.72. The van der Waals surface area contributed by atoms with Crippen LogP contribution in [0.15, 0.2) is 30.3 Å². The van der Waals surface area contributed by atoms with Gasteiger partial charge in [-0.05, 0) is 56.2 Å². The molecule has 1 atom stereocenters. The first-order chi connectivity index (χ1) is 9.99. The van der Waals surface area contributed by atoms with Gasteiger partial charge in [-0.15, -0.1) is 11.3 Å². The van der Waals surface area contributed by atoms with Gasteiger partial charge in [-0.3, -0.25) is 0 Å². The first kappa shape index (κ1) is 15.8. The van der Waals surface area contributed by atoms with Crippen LogP contribution in [0.3, 0.4) is 0 Å². The molecule has 21 heavy (non-hydrogen) atoms. The summed E-state index contributed by atoms with van der Waals surface area (Å²) in [6.45, 7) is 4.19. The van der Waals surface area contributed by atoms with Gasteiger partial charge in [0.25, 0.3) is 0 Å². The van der Waals surface area contributed by atoms with Gasteiger partial charge in [0.2, 0.25) is 5.05 Å². The summed E-state index contributed by atoms with van der Waals surface area (Å²) in [5, 5.41) is 13.5. The Kier molecular flexibility index (Phi) is 5.20. The van der Waals surface area contributed by atoms with Gasteiger partial charge in [0, 0.05) is 16.6 Å². The summed E-state index contributed by atoms with van der Waals surface area (Å²) >= 11 is 6.79. The SMILES string of the molecule is COC(=S)c1cc(NC(C)Cc2cccc(O)c2)c(C)s1. The summed E-state index contributed by atoms with van der Waals surface area (Å²) in [6.07, 6.45) is 0.841. The number of anilines is 1. The lowest BCUT2D eigenvalue weighted by atomic mass is 10.1. The molecule has 1 aromatic carbocycles. The van der Waals surface area contributed by atoms with E-state index in [9.17, 15) is 5.11 Å². The molecule has 0 aliphatic carbocycles. The molecule has 2 N–H and O–H groups in total. The van der Waals surface area contributed by atoms with E-state index < -0.39 is 0 Å². The number of benzene rings is 1. The van der Waals surface area contributed by atoms with Crippen molar-refractivity contribution in [1.29, 1.82) is 0 Å². The van der Waals surface area contributed by atoms with Gasteiger partial charge in [-0.1, -0.05) is 12.1 Å². The highest BCUT2D eigenvalue weighted by molar-refractivity contribution is 7.80. The van der Waals surface area contributed by atoms with Crippen molar-refractivity contribution >= 4 is 34.3 Å². The Labute approximate surface area is 134 Å². The van der Waals surface area contributed by atoms with Crippen LogP contribution in [0.25, 0.3) is 0 Å². The number of thiocarbonyl (C=S) groups is 1. The summed E-state index contributed by atoms with van der Waals surface area (Å²) in [7, 11) is 1.59. The van der Waals surface area contributed by atoms with E-state index in [1.807, 2.05) is 18.2 Å². The van der Waals surface area contributed by atoms with Crippen molar-refractivity contribution in [1.82, 2.24) is 0 Å². The zero-order valence-corrected chi connectivity index (χ0v) is 14.0. The third kappa shape index (κ3) is 4.19. The Morgan fingerprint density at radius 2 is 2.19 bits per heavy atom. The number of phenols is 1. The van der Waals surface area contributed by atoms with Crippen LogP contribution in [0.4, 0.5) is 5.69 Å². The van der Waals surface area contributed by atoms with E-state index in [-0.39, 0.29) is 6.04 Å². The lowest BCUT2D eigenvalue weighted by molar-refractivity contribution is 0.417. The van der Waals surface area contributed by atoms with E-state index in [0.29, 0.717) is 10.8 Å². The number of thiophene rings is 1. The number of rotatable bonds is 5. The van der Waals surface area contributed by atoms with Crippen molar-refractivity contribution < 1.29 is 9.84 Å². The second kappa shape index (κ2) is 6.91. The molecule has 5 heteroatoms. The highest BCUT2D eigenvalue weighted by Crippen LogP contribution is 2.28. The molecule has 0 saturated carbocycles. The van der Waals surface area contributed by atoms with Gasteiger partial charge >= 0.3 is 0 Å². The fourth-order valence-corrected chi connectivity index (χ4v) is 3.27. The highest BCUT2D eigenvalue weighted by Gasteiger charge is 2.12. The van der Waals surface area contributed by atoms with Crippen LogP contribution in [0.1, 0.15) is 22.2 Å². The Morgan fingerprint density at radius 3 is 2.86 bits per heavy atom. The van der Waals surface area contributed by atoms with Crippen LogP contribution < -0.4 is 5.32 Å². The zero-order chi connectivity index (χ0) is 15.4. The molecule has 0 amide bonds. The van der Waals surface area contributed by atoms with Gasteiger partial charge < -0.3 is 15.2 Å². The number of hydrogen-bond acceptors (Lipinski definition) is 5. The lowest BCUT2D eigenvalue weighted by Crippen LogP contribution is -2.18. The fourth-order valence-electron chi connectivity index (χ4n) is 2.18. The molecular weight excluding hydrogens is 302 g/mol. The number of phenolic OH excluding ortho intramolecular Hbond substituents is 1. The predicted molar refractivity (Wildman–Crippen MR) is 92.7 cm³/mol. The maximum absolute atomic E-state index is 9.50. The molecule has 2 rings (SSSR count). The molecule has 2 aromatic rings. The van der Waals surface area contributed by atoms with Crippen molar-refractivity contribution in [3.8, 4) is 5.75 Å². The predicted octanol–water partition coefficient (Wildman–Crippen LogP) is 4.13. The molecule has 1 heterocycles. The number of nitrogens with one attached hydrogen (secondary N) is 1. The van der Waals surface area contributed by atoms with E-state index >= 15 is 0 Å². The maximum atomic E-state index is 9.50. The van der Waals surface area contributed by atoms with Crippen LogP contribution in [0.5, 0.6) is 5.75 Å². The average molecular weight is 321 g/mol. The Balaban J connectivity index is 2.04. The summed E-state index contributed by atoms with van der Waals surface area (Å²) in [5.41, 5.74) is 2.19. The molecular formula is C16H19NO2S2. The second-order valence-electron chi connectivity index (χ2n) is 4.99. The molecule has 1 unspecified atom stereocenters. The first-order valence-electron chi connectivity index (χ1n) is 6.72. The Bertz CT molecular complexity index is 637. The van der Waals surface area contributed by atoms with Crippen molar-refractivity contribution in [2.75, 3.05) is 12.4 Å². The molecule has 0 bridgehead atoms. The number of ether oxygens (including phenoxy) is 1. The van der Waals surface area contributed by atoms with E-state index in [1.165, 1.54) is 4.88 Å². The third-order valence-electron chi connectivity index (χ3n) is 3.16. The van der Waals surface area contributed by atoms with E-state index in [4.69, 9.17) is 17.0 Å². The van der Waals surface area contributed by atoms with Crippen molar-refractivity contribution in [3.05, 3.63) is 45.6 Å². The molecule has 0 saturated heterocycles. The zero-order valence-electron chi connectivity index (χ0n) is 12.3.